The van der Waals surface area contributed by atoms with Gasteiger partial charge in [-0.15, -0.1) is 0 Å². The number of nitrogens with zero attached hydrogens (tertiary/aromatic N) is 2. The summed E-state index contributed by atoms with van der Waals surface area (Å²) < 4.78 is 0.781. The van der Waals surface area contributed by atoms with Crippen LogP contribution in [0.2, 0.25) is 0 Å². The van der Waals surface area contributed by atoms with Gasteiger partial charge in [-0.25, -0.2) is 9.97 Å². The average Bonchev–Trinajstić information content (AvgIpc) is 2.24. The van der Waals surface area contributed by atoms with Gasteiger partial charge in [0.05, 0.1) is 0 Å². The molecule has 0 aliphatic heterocycles. The van der Waals surface area contributed by atoms with Crippen molar-refractivity contribution < 1.29 is 5.11 Å². The standard InChI is InChI=1S/C10H16BrN3O/c1-8(6-15)3-2-4-12-10-5-9(11)13-7-14-10/h5,7-8,15H,2-4,6H2,1H3,(H,12,13,14). The van der Waals surface area contributed by atoms with Crippen molar-refractivity contribution in [3.63, 3.8) is 0 Å². The first-order valence-corrected chi connectivity index (χ1v) is 5.84. The number of aliphatic hydroxyl groups is 1. The zero-order valence-corrected chi connectivity index (χ0v) is 10.4. The molecule has 0 fully saturated rings. The molecular formula is C10H16BrN3O. The number of aromatic nitrogens is 2. The predicted molar refractivity (Wildman–Crippen MR) is 63.7 cm³/mol. The fourth-order valence-electron chi connectivity index (χ4n) is 1.19. The van der Waals surface area contributed by atoms with E-state index in [0.717, 1.165) is 29.8 Å². The van der Waals surface area contributed by atoms with Crippen LogP contribution in [0.1, 0.15) is 19.8 Å². The molecule has 0 bridgehead atoms. The Kier molecular flexibility index (Phi) is 5.57. The molecule has 1 heterocycles. The lowest BCUT2D eigenvalue weighted by Gasteiger charge is -2.08. The first kappa shape index (κ1) is 12.4. The second kappa shape index (κ2) is 6.74. The monoisotopic (exact) mass is 273 g/mol. The van der Waals surface area contributed by atoms with E-state index in [0.29, 0.717) is 5.92 Å². The van der Waals surface area contributed by atoms with Gasteiger partial charge in [-0.05, 0) is 34.7 Å². The van der Waals surface area contributed by atoms with E-state index in [2.05, 4.69) is 31.2 Å². The van der Waals surface area contributed by atoms with Crippen LogP contribution in [0.25, 0.3) is 0 Å². The molecule has 0 saturated carbocycles. The summed E-state index contributed by atoms with van der Waals surface area (Å²) in [7, 11) is 0. The Morgan fingerprint density at radius 1 is 1.53 bits per heavy atom. The summed E-state index contributed by atoms with van der Waals surface area (Å²) in [5, 5.41) is 12.0. The lowest BCUT2D eigenvalue weighted by atomic mass is 10.1. The van der Waals surface area contributed by atoms with Crippen molar-refractivity contribution in [2.45, 2.75) is 19.8 Å². The molecule has 1 rings (SSSR count). The predicted octanol–water partition coefficient (Wildman–Crippen LogP) is 2.06. The van der Waals surface area contributed by atoms with Crippen molar-refractivity contribution in [1.29, 1.82) is 0 Å². The summed E-state index contributed by atoms with van der Waals surface area (Å²) in [6.45, 7) is 3.17. The van der Waals surface area contributed by atoms with Gasteiger partial charge in [0.25, 0.3) is 0 Å². The van der Waals surface area contributed by atoms with E-state index in [1.807, 2.05) is 13.0 Å². The third kappa shape index (κ3) is 5.09. The van der Waals surface area contributed by atoms with Gasteiger partial charge in [0.15, 0.2) is 0 Å². The minimum absolute atomic E-state index is 0.263. The van der Waals surface area contributed by atoms with Gasteiger partial charge in [0.1, 0.15) is 16.7 Å². The number of rotatable bonds is 6. The summed E-state index contributed by atoms with van der Waals surface area (Å²) in [6.07, 6.45) is 3.57. The molecule has 0 aromatic carbocycles. The first-order valence-electron chi connectivity index (χ1n) is 5.04. The second-order valence-corrected chi connectivity index (χ2v) is 4.40. The highest BCUT2D eigenvalue weighted by molar-refractivity contribution is 9.10. The first-order chi connectivity index (χ1) is 7.22. The fraction of sp³-hybridized carbons (Fsp3) is 0.600. The number of anilines is 1. The van der Waals surface area contributed by atoms with Gasteiger partial charge in [0.2, 0.25) is 0 Å². The van der Waals surface area contributed by atoms with Crippen LogP contribution in [-0.4, -0.2) is 28.2 Å². The van der Waals surface area contributed by atoms with Crippen molar-refractivity contribution in [1.82, 2.24) is 9.97 Å². The second-order valence-electron chi connectivity index (χ2n) is 3.58. The molecule has 0 aliphatic carbocycles. The molecule has 4 nitrogen and oxygen atoms in total. The molecule has 0 radical (unpaired) electrons. The zero-order chi connectivity index (χ0) is 11.1. The van der Waals surface area contributed by atoms with E-state index in [1.165, 1.54) is 6.33 Å². The van der Waals surface area contributed by atoms with Crippen molar-refractivity contribution >= 4 is 21.7 Å². The smallest absolute Gasteiger partial charge is 0.130 e. The number of nitrogens with one attached hydrogen (secondary N) is 1. The van der Waals surface area contributed by atoms with Gasteiger partial charge < -0.3 is 10.4 Å². The SMILES string of the molecule is CC(CO)CCCNc1cc(Br)ncn1. The molecule has 2 N–H and O–H groups in total. The molecule has 15 heavy (non-hydrogen) atoms. The summed E-state index contributed by atoms with van der Waals surface area (Å²) in [5.41, 5.74) is 0. The van der Waals surface area contributed by atoms with Crippen molar-refractivity contribution in [2.24, 2.45) is 5.92 Å². The Bertz CT molecular complexity index is 296. The highest BCUT2D eigenvalue weighted by Crippen LogP contribution is 2.10. The molecule has 0 spiro atoms. The molecule has 1 aromatic heterocycles. The molecule has 0 saturated heterocycles. The number of halogens is 1. The lowest BCUT2D eigenvalue weighted by Crippen LogP contribution is -2.07. The van der Waals surface area contributed by atoms with E-state index in [-0.39, 0.29) is 6.61 Å². The average molecular weight is 274 g/mol. The molecule has 1 atom stereocenters. The fourth-order valence-corrected chi connectivity index (χ4v) is 1.50. The lowest BCUT2D eigenvalue weighted by molar-refractivity contribution is 0.229. The summed E-state index contributed by atoms with van der Waals surface area (Å²) >= 11 is 3.28. The highest BCUT2D eigenvalue weighted by atomic mass is 79.9. The van der Waals surface area contributed by atoms with Crippen LogP contribution in [0, 0.1) is 5.92 Å². The Morgan fingerprint density at radius 3 is 3.00 bits per heavy atom. The normalized spacial score (nSPS) is 12.5. The van der Waals surface area contributed by atoms with Crippen molar-refractivity contribution in [3.05, 3.63) is 17.0 Å². The van der Waals surface area contributed by atoms with E-state index in [9.17, 15) is 0 Å². The maximum Gasteiger partial charge on any atom is 0.130 e. The van der Waals surface area contributed by atoms with E-state index >= 15 is 0 Å². The van der Waals surface area contributed by atoms with Crippen LogP contribution in [0.3, 0.4) is 0 Å². The minimum Gasteiger partial charge on any atom is -0.396 e. The third-order valence-electron chi connectivity index (χ3n) is 2.13. The Morgan fingerprint density at radius 2 is 2.33 bits per heavy atom. The van der Waals surface area contributed by atoms with Crippen LogP contribution in [-0.2, 0) is 0 Å². The van der Waals surface area contributed by atoms with Crippen molar-refractivity contribution in [3.8, 4) is 0 Å². The Balaban J connectivity index is 2.20. The topological polar surface area (TPSA) is 58.0 Å². The van der Waals surface area contributed by atoms with Gasteiger partial charge in [-0.1, -0.05) is 6.92 Å². The highest BCUT2D eigenvalue weighted by Gasteiger charge is 1.99. The van der Waals surface area contributed by atoms with Crippen molar-refractivity contribution in [2.75, 3.05) is 18.5 Å². The number of hydrogen-bond acceptors (Lipinski definition) is 4. The molecule has 0 aliphatic rings. The van der Waals surface area contributed by atoms with Gasteiger partial charge in [-0.3, -0.25) is 0 Å². The molecule has 1 aromatic rings. The van der Waals surface area contributed by atoms with Crippen LogP contribution >= 0.6 is 15.9 Å². The Labute approximate surface area is 98.3 Å². The van der Waals surface area contributed by atoms with Gasteiger partial charge in [-0.2, -0.15) is 0 Å². The summed E-state index contributed by atoms with van der Waals surface area (Å²) in [5.74, 6) is 1.21. The van der Waals surface area contributed by atoms with Gasteiger partial charge in [0, 0.05) is 19.2 Å². The number of aliphatic hydroxyl groups excluding tert-OH is 1. The summed E-state index contributed by atoms with van der Waals surface area (Å²) in [4.78, 5) is 8.02. The largest absolute Gasteiger partial charge is 0.396 e. The van der Waals surface area contributed by atoms with E-state index in [1.54, 1.807) is 0 Å². The zero-order valence-electron chi connectivity index (χ0n) is 8.78. The molecule has 84 valence electrons. The molecule has 0 amide bonds. The van der Waals surface area contributed by atoms with Crippen LogP contribution in [0.15, 0.2) is 17.0 Å². The quantitative estimate of drug-likeness (QED) is 0.616. The van der Waals surface area contributed by atoms with E-state index in [4.69, 9.17) is 5.11 Å². The maximum absolute atomic E-state index is 8.84. The molecule has 5 heteroatoms. The maximum atomic E-state index is 8.84. The van der Waals surface area contributed by atoms with Gasteiger partial charge >= 0.3 is 0 Å². The van der Waals surface area contributed by atoms with E-state index < -0.39 is 0 Å². The van der Waals surface area contributed by atoms with Crippen LogP contribution < -0.4 is 5.32 Å². The third-order valence-corrected chi connectivity index (χ3v) is 2.56. The van der Waals surface area contributed by atoms with Crippen LogP contribution in [0.4, 0.5) is 5.82 Å². The minimum atomic E-state index is 0.263. The Hall–Kier alpha value is -0.680. The number of hydrogen-bond donors (Lipinski definition) is 2. The summed E-state index contributed by atoms with van der Waals surface area (Å²) in [6, 6.07) is 1.84. The molecular weight excluding hydrogens is 258 g/mol. The van der Waals surface area contributed by atoms with Crippen LogP contribution in [0.5, 0.6) is 0 Å². The molecule has 1 unspecified atom stereocenters.